The van der Waals surface area contributed by atoms with Crippen molar-refractivity contribution in [2.24, 2.45) is 0 Å². The summed E-state index contributed by atoms with van der Waals surface area (Å²) in [4.78, 5) is 20.8. The van der Waals surface area contributed by atoms with Gasteiger partial charge in [-0.3, -0.25) is 0 Å². The number of carbonyl (C=O) groups is 1. The zero-order valence-electron chi connectivity index (χ0n) is 15.4. The number of esters is 1. The number of aromatic nitrogens is 2. The zero-order chi connectivity index (χ0) is 19.1. The van der Waals surface area contributed by atoms with Crippen LogP contribution in [0, 0.1) is 6.92 Å². The SMILES string of the molecule is CCOC(=O)c1ccccc1Nc1ccnc(NCc2ccc(C)cc2)n1. The highest BCUT2D eigenvalue weighted by atomic mass is 16.5. The van der Waals surface area contributed by atoms with Crippen molar-refractivity contribution in [2.75, 3.05) is 17.2 Å². The number of nitrogens with one attached hydrogen (secondary N) is 2. The number of para-hydroxylation sites is 1. The molecule has 0 unspecified atom stereocenters. The molecule has 2 N–H and O–H groups in total. The van der Waals surface area contributed by atoms with Gasteiger partial charge in [0.1, 0.15) is 5.82 Å². The van der Waals surface area contributed by atoms with Crippen LogP contribution in [-0.2, 0) is 11.3 Å². The predicted octanol–water partition coefficient (Wildman–Crippen LogP) is 4.32. The highest BCUT2D eigenvalue weighted by molar-refractivity contribution is 5.96. The largest absolute Gasteiger partial charge is 0.462 e. The van der Waals surface area contributed by atoms with Crippen LogP contribution in [0.1, 0.15) is 28.4 Å². The maximum atomic E-state index is 12.1. The number of anilines is 3. The summed E-state index contributed by atoms with van der Waals surface area (Å²) in [6, 6.07) is 17.2. The fourth-order valence-electron chi connectivity index (χ4n) is 2.52. The second-order valence-corrected chi connectivity index (χ2v) is 6.00. The lowest BCUT2D eigenvalue weighted by Crippen LogP contribution is -2.09. The third-order valence-electron chi connectivity index (χ3n) is 3.91. The summed E-state index contributed by atoms with van der Waals surface area (Å²) in [5.41, 5.74) is 3.47. The Labute approximate surface area is 158 Å². The van der Waals surface area contributed by atoms with Gasteiger partial charge in [0.2, 0.25) is 5.95 Å². The quantitative estimate of drug-likeness (QED) is 0.610. The van der Waals surface area contributed by atoms with Gasteiger partial charge in [-0.1, -0.05) is 42.0 Å². The van der Waals surface area contributed by atoms with Gasteiger partial charge in [-0.2, -0.15) is 4.98 Å². The summed E-state index contributed by atoms with van der Waals surface area (Å²) in [7, 11) is 0. The van der Waals surface area contributed by atoms with Gasteiger partial charge in [-0.15, -0.1) is 0 Å². The molecule has 0 saturated carbocycles. The van der Waals surface area contributed by atoms with Crippen molar-refractivity contribution < 1.29 is 9.53 Å². The van der Waals surface area contributed by atoms with E-state index in [0.717, 1.165) is 5.56 Å². The molecular formula is C21H22N4O2. The molecule has 0 spiro atoms. The minimum atomic E-state index is -0.368. The Bertz CT molecular complexity index is 910. The molecule has 6 heteroatoms. The van der Waals surface area contributed by atoms with E-state index in [1.54, 1.807) is 31.3 Å². The highest BCUT2D eigenvalue weighted by Crippen LogP contribution is 2.21. The molecule has 0 aliphatic heterocycles. The third-order valence-corrected chi connectivity index (χ3v) is 3.91. The molecule has 138 valence electrons. The molecule has 3 rings (SSSR count). The Kier molecular flexibility index (Phi) is 5.99. The second-order valence-electron chi connectivity index (χ2n) is 6.00. The Morgan fingerprint density at radius 3 is 2.63 bits per heavy atom. The van der Waals surface area contributed by atoms with Crippen molar-refractivity contribution >= 4 is 23.4 Å². The summed E-state index contributed by atoms with van der Waals surface area (Å²) in [6.07, 6.45) is 1.67. The first-order chi connectivity index (χ1) is 13.2. The van der Waals surface area contributed by atoms with E-state index in [4.69, 9.17) is 4.74 Å². The van der Waals surface area contributed by atoms with Gasteiger partial charge >= 0.3 is 5.97 Å². The number of aryl methyl sites for hydroxylation is 1. The lowest BCUT2D eigenvalue weighted by atomic mass is 10.1. The van der Waals surface area contributed by atoms with Crippen molar-refractivity contribution in [2.45, 2.75) is 20.4 Å². The summed E-state index contributed by atoms with van der Waals surface area (Å²) >= 11 is 0. The molecular weight excluding hydrogens is 340 g/mol. The maximum Gasteiger partial charge on any atom is 0.340 e. The van der Waals surface area contributed by atoms with Crippen LogP contribution < -0.4 is 10.6 Å². The molecule has 0 radical (unpaired) electrons. The molecule has 0 aliphatic rings. The van der Waals surface area contributed by atoms with Crippen LogP contribution in [0.4, 0.5) is 17.5 Å². The average molecular weight is 362 g/mol. The lowest BCUT2D eigenvalue weighted by molar-refractivity contribution is 0.0527. The molecule has 0 saturated heterocycles. The zero-order valence-corrected chi connectivity index (χ0v) is 15.4. The smallest absolute Gasteiger partial charge is 0.340 e. The highest BCUT2D eigenvalue weighted by Gasteiger charge is 2.12. The number of nitrogens with zero attached hydrogens (tertiary/aromatic N) is 2. The maximum absolute atomic E-state index is 12.1. The third kappa shape index (κ3) is 5.04. The lowest BCUT2D eigenvalue weighted by Gasteiger charge is -2.11. The molecule has 1 aromatic heterocycles. The Morgan fingerprint density at radius 2 is 1.85 bits per heavy atom. The number of hydrogen-bond acceptors (Lipinski definition) is 6. The number of ether oxygens (including phenoxy) is 1. The van der Waals surface area contributed by atoms with Crippen LogP contribution in [0.15, 0.2) is 60.8 Å². The van der Waals surface area contributed by atoms with E-state index in [0.29, 0.717) is 36.2 Å². The molecule has 3 aromatic rings. The molecule has 6 nitrogen and oxygen atoms in total. The van der Waals surface area contributed by atoms with Crippen LogP contribution in [0.3, 0.4) is 0 Å². The minimum absolute atomic E-state index is 0.327. The van der Waals surface area contributed by atoms with Crippen molar-refractivity contribution in [3.8, 4) is 0 Å². The van der Waals surface area contributed by atoms with Gasteiger partial charge in [0.15, 0.2) is 0 Å². The van der Waals surface area contributed by atoms with Crippen molar-refractivity contribution in [1.29, 1.82) is 0 Å². The van der Waals surface area contributed by atoms with E-state index in [1.807, 2.05) is 12.1 Å². The van der Waals surface area contributed by atoms with E-state index in [9.17, 15) is 4.79 Å². The molecule has 27 heavy (non-hydrogen) atoms. The molecule has 0 atom stereocenters. The number of hydrogen-bond donors (Lipinski definition) is 2. The van der Waals surface area contributed by atoms with E-state index >= 15 is 0 Å². The van der Waals surface area contributed by atoms with Crippen LogP contribution in [0.25, 0.3) is 0 Å². The van der Waals surface area contributed by atoms with Crippen LogP contribution >= 0.6 is 0 Å². The van der Waals surface area contributed by atoms with Crippen LogP contribution in [0.5, 0.6) is 0 Å². The first-order valence-electron chi connectivity index (χ1n) is 8.81. The van der Waals surface area contributed by atoms with E-state index in [-0.39, 0.29) is 5.97 Å². The molecule has 0 aliphatic carbocycles. The van der Waals surface area contributed by atoms with Gasteiger partial charge in [-0.05, 0) is 37.6 Å². The van der Waals surface area contributed by atoms with Gasteiger partial charge < -0.3 is 15.4 Å². The van der Waals surface area contributed by atoms with E-state index < -0.39 is 0 Å². The standard InChI is InChI=1S/C21H22N4O2/c1-3-27-20(26)17-6-4-5-7-18(17)24-19-12-13-22-21(25-19)23-14-16-10-8-15(2)9-11-16/h4-13H,3,14H2,1-2H3,(H2,22,23,24,25). The monoisotopic (exact) mass is 362 g/mol. The summed E-state index contributed by atoms with van der Waals surface area (Å²) in [5.74, 6) is 0.731. The number of benzene rings is 2. The van der Waals surface area contributed by atoms with E-state index in [2.05, 4.69) is 51.8 Å². The Hall–Kier alpha value is -3.41. The summed E-state index contributed by atoms with van der Waals surface area (Å²) in [5, 5.41) is 6.38. The minimum Gasteiger partial charge on any atom is -0.462 e. The molecule has 0 fully saturated rings. The topological polar surface area (TPSA) is 76.1 Å². The van der Waals surface area contributed by atoms with Crippen molar-refractivity contribution in [1.82, 2.24) is 9.97 Å². The summed E-state index contributed by atoms with van der Waals surface area (Å²) < 4.78 is 5.10. The normalized spacial score (nSPS) is 10.3. The second kappa shape index (κ2) is 8.80. The fourth-order valence-corrected chi connectivity index (χ4v) is 2.52. The van der Waals surface area contributed by atoms with Crippen molar-refractivity contribution in [3.63, 3.8) is 0 Å². The van der Waals surface area contributed by atoms with Gasteiger partial charge in [0, 0.05) is 12.7 Å². The number of rotatable bonds is 7. The van der Waals surface area contributed by atoms with E-state index in [1.165, 1.54) is 5.56 Å². The summed E-state index contributed by atoms with van der Waals surface area (Å²) in [6.45, 7) is 4.80. The Balaban J connectivity index is 1.71. The molecule has 1 heterocycles. The van der Waals surface area contributed by atoms with Crippen molar-refractivity contribution in [3.05, 3.63) is 77.5 Å². The van der Waals surface area contributed by atoms with Gasteiger partial charge in [0.05, 0.1) is 17.9 Å². The predicted molar refractivity (Wildman–Crippen MR) is 106 cm³/mol. The molecule has 0 bridgehead atoms. The molecule has 0 amide bonds. The first-order valence-corrected chi connectivity index (χ1v) is 8.81. The average Bonchev–Trinajstić information content (AvgIpc) is 2.68. The van der Waals surface area contributed by atoms with Gasteiger partial charge in [-0.25, -0.2) is 9.78 Å². The first kappa shape index (κ1) is 18.4. The number of carbonyl (C=O) groups excluding carboxylic acids is 1. The molecule has 2 aromatic carbocycles. The van der Waals surface area contributed by atoms with Crippen LogP contribution in [-0.4, -0.2) is 22.5 Å². The van der Waals surface area contributed by atoms with Crippen LogP contribution in [0.2, 0.25) is 0 Å². The Morgan fingerprint density at radius 1 is 1.07 bits per heavy atom. The van der Waals surface area contributed by atoms with Gasteiger partial charge in [0.25, 0.3) is 0 Å². The fraction of sp³-hybridized carbons (Fsp3) is 0.190.